The maximum absolute atomic E-state index is 5.28. The van der Waals surface area contributed by atoms with E-state index in [0.717, 1.165) is 30.8 Å². The smallest absolute Gasteiger partial charge is 0.119 e. The molecule has 2 rings (SSSR count). The lowest BCUT2D eigenvalue weighted by Crippen LogP contribution is -2.25. The molecule has 0 saturated heterocycles. The number of rotatable bonds is 7. The van der Waals surface area contributed by atoms with E-state index < -0.39 is 0 Å². The normalized spacial score (nSPS) is 12.1. The third-order valence-electron chi connectivity index (χ3n) is 3.18. The molecule has 106 valence electrons. The Kier molecular flexibility index (Phi) is 5.50. The fourth-order valence-electron chi connectivity index (χ4n) is 2.14. The Morgan fingerprint density at radius 1 is 1.30 bits per heavy atom. The zero-order valence-electron chi connectivity index (χ0n) is 12.0. The predicted molar refractivity (Wildman–Crippen MR) is 79.8 cm³/mol. The van der Waals surface area contributed by atoms with E-state index in [1.807, 2.05) is 18.2 Å². The molecule has 1 unspecified atom stereocenters. The highest BCUT2D eigenvalue weighted by Gasteiger charge is 2.13. The predicted octanol–water partition coefficient (Wildman–Crippen LogP) is 2.77. The molecule has 0 aliphatic carbocycles. The molecule has 0 radical (unpaired) electrons. The molecule has 1 N–H and O–H groups in total. The molecule has 20 heavy (non-hydrogen) atoms. The van der Waals surface area contributed by atoms with Crippen molar-refractivity contribution in [1.29, 1.82) is 0 Å². The highest BCUT2D eigenvalue weighted by atomic mass is 16.5. The van der Waals surface area contributed by atoms with E-state index in [0.29, 0.717) is 0 Å². The van der Waals surface area contributed by atoms with E-state index >= 15 is 0 Å². The van der Waals surface area contributed by atoms with Crippen molar-refractivity contribution in [3.63, 3.8) is 0 Å². The van der Waals surface area contributed by atoms with Crippen molar-refractivity contribution in [1.82, 2.24) is 15.3 Å². The molecule has 1 heterocycles. The van der Waals surface area contributed by atoms with Gasteiger partial charge in [0.25, 0.3) is 0 Å². The van der Waals surface area contributed by atoms with Gasteiger partial charge in [0.1, 0.15) is 12.1 Å². The first kappa shape index (κ1) is 14.5. The molecule has 0 aliphatic heterocycles. The van der Waals surface area contributed by atoms with Crippen LogP contribution in [0.4, 0.5) is 0 Å². The van der Waals surface area contributed by atoms with Crippen molar-refractivity contribution < 1.29 is 4.74 Å². The van der Waals surface area contributed by atoms with E-state index in [1.165, 1.54) is 5.56 Å². The molecular weight excluding hydrogens is 250 g/mol. The first-order chi connectivity index (χ1) is 9.83. The number of benzene rings is 1. The van der Waals surface area contributed by atoms with Crippen LogP contribution in [0.1, 0.15) is 30.6 Å². The Labute approximate surface area is 120 Å². The van der Waals surface area contributed by atoms with Gasteiger partial charge in [-0.3, -0.25) is 0 Å². The van der Waals surface area contributed by atoms with Gasteiger partial charge >= 0.3 is 0 Å². The third-order valence-corrected chi connectivity index (χ3v) is 3.18. The van der Waals surface area contributed by atoms with Crippen LogP contribution >= 0.6 is 0 Å². The zero-order valence-corrected chi connectivity index (χ0v) is 12.0. The Hall–Kier alpha value is -1.94. The van der Waals surface area contributed by atoms with Gasteiger partial charge in [0.2, 0.25) is 0 Å². The van der Waals surface area contributed by atoms with Crippen molar-refractivity contribution in [3.05, 3.63) is 54.1 Å². The lowest BCUT2D eigenvalue weighted by atomic mass is 10.0. The van der Waals surface area contributed by atoms with Gasteiger partial charge in [-0.05, 0) is 43.1 Å². The molecule has 0 bridgehead atoms. The van der Waals surface area contributed by atoms with E-state index in [1.54, 1.807) is 19.6 Å². The number of methoxy groups -OCH3 is 1. The van der Waals surface area contributed by atoms with Crippen LogP contribution in [0.25, 0.3) is 0 Å². The number of hydrogen-bond donors (Lipinski definition) is 1. The summed E-state index contributed by atoms with van der Waals surface area (Å²) in [7, 11) is 1.69. The maximum Gasteiger partial charge on any atom is 0.119 e. The molecule has 4 heteroatoms. The molecule has 0 amide bonds. The fourth-order valence-corrected chi connectivity index (χ4v) is 2.14. The number of ether oxygens (including phenoxy) is 1. The molecule has 0 saturated carbocycles. The summed E-state index contributed by atoms with van der Waals surface area (Å²) < 4.78 is 5.28. The van der Waals surface area contributed by atoms with Crippen LogP contribution in [0, 0.1) is 0 Å². The van der Waals surface area contributed by atoms with Crippen LogP contribution in [0.3, 0.4) is 0 Å². The summed E-state index contributed by atoms with van der Waals surface area (Å²) >= 11 is 0. The van der Waals surface area contributed by atoms with Gasteiger partial charge in [0.05, 0.1) is 18.8 Å². The Balaban J connectivity index is 2.14. The monoisotopic (exact) mass is 271 g/mol. The van der Waals surface area contributed by atoms with Crippen LogP contribution in [-0.2, 0) is 6.42 Å². The Bertz CT molecular complexity index is 516. The molecule has 1 atom stereocenters. The number of nitrogens with one attached hydrogen (secondary N) is 1. The quantitative estimate of drug-likeness (QED) is 0.841. The number of hydrogen-bond acceptors (Lipinski definition) is 4. The highest BCUT2D eigenvalue weighted by Crippen LogP contribution is 2.19. The van der Waals surface area contributed by atoms with Crippen molar-refractivity contribution in [3.8, 4) is 5.75 Å². The molecule has 1 aromatic heterocycles. The molecule has 2 aromatic rings. The van der Waals surface area contributed by atoms with Crippen molar-refractivity contribution >= 4 is 0 Å². The lowest BCUT2D eigenvalue weighted by Gasteiger charge is -2.18. The zero-order chi connectivity index (χ0) is 14.2. The third kappa shape index (κ3) is 4.03. The van der Waals surface area contributed by atoms with E-state index in [9.17, 15) is 0 Å². The molecular formula is C16H21N3O. The molecule has 0 aliphatic rings. The van der Waals surface area contributed by atoms with E-state index in [-0.39, 0.29) is 6.04 Å². The van der Waals surface area contributed by atoms with E-state index in [2.05, 4.69) is 34.3 Å². The van der Waals surface area contributed by atoms with Crippen LogP contribution in [0.5, 0.6) is 5.75 Å². The molecule has 4 nitrogen and oxygen atoms in total. The second kappa shape index (κ2) is 7.60. The van der Waals surface area contributed by atoms with Gasteiger partial charge in [0.15, 0.2) is 0 Å². The summed E-state index contributed by atoms with van der Waals surface area (Å²) in [4.78, 5) is 8.35. The highest BCUT2D eigenvalue weighted by molar-refractivity contribution is 5.29. The summed E-state index contributed by atoms with van der Waals surface area (Å²) in [5.74, 6) is 0.888. The summed E-state index contributed by atoms with van der Waals surface area (Å²) in [5.41, 5.74) is 2.26. The van der Waals surface area contributed by atoms with Crippen LogP contribution in [-0.4, -0.2) is 23.6 Å². The number of aromatic nitrogens is 2. The minimum absolute atomic E-state index is 0.199. The second-order valence-corrected chi connectivity index (χ2v) is 4.70. The van der Waals surface area contributed by atoms with Crippen LogP contribution < -0.4 is 10.1 Å². The van der Waals surface area contributed by atoms with Crippen LogP contribution in [0.2, 0.25) is 0 Å². The summed E-state index contributed by atoms with van der Waals surface area (Å²) in [6.45, 7) is 3.13. The van der Waals surface area contributed by atoms with Gasteiger partial charge in [-0.25, -0.2) is 9.97 Å². The van der Waals surface area contributed by atoms with Crippen molar-refractivity contribution in [2.24, 2.45) is 0 Å². The summed E-state index contributed by atoms with van der Waals surface area (Å²) in [6.07, 6.45) is 5.37. The largest absolute Gasteiger partial charge is 0.497 e. The van der Waals surface area contributed by atoms with Crippen molar-refractivity contribution in [2.45, 2.75) is 25.8 Å². The molecule has 0 spiro atoms. The second-order valence-electron chi connectivity index (χ2n) is 4.70. The summed E-state index contributed by atoms with van der Waals surface area (Å²) in [6, 6.07) is 10.3. The van der Waals surface area contributed by atoms with Gasteiger partial charge in [0, 0.05) is 6.20 Å². The average molecular weight is 271 g/mol. The topological polar surface area (TPSA) is 47.0 Å². The molecule has 1 aromatic carbocycles. The SMILES string of the molecule is CCCNC(Cc1cccc(OC)c1)c1ccncn1. The minimum atomic E-state index is 0.199. The van der Waals surface area contributed by atoms with Crippen LogP contribution in [0.15, 0.2) is 42.9 Å². The van der Waals surface area contributed by atoms with Gasteiger partial charge < -0.3 is 10.1 Å². The Morgan fingerprint density at radius 3 is 2.90 bits per heavy atom. The minimum Gasteiger partial charge on any atom is -0.497 e. The Morgan fingerprint density at radius 2 is 2.20 bits per heavy atom. The first-order valence-corrected chi connectivity index (χ1v) is 6.95. The van der Waals surface area contributed by atoms with Gasteiger partial charge in [-0.1, -0.05) is 19.1 Å². The fraction of sp³-hybridized carbons (Fsp3) is 0.375. The lowest BCUT2D eigenvalue weighted by molar-refractivity contribution is 0.413. The summed E-state index contributed by atoms with van der Waals surface area (Å²) in [5, 5.41) is 3.54. The average Bonchev–Trinajstić information content (AvgIpc) is 2.52. The van der Waals surface area contributed by atoms with Crippen molar-refractivity contribution in [2.75, 3.05) is 13.7 Å². The molecule has 0 fully saturated rings. The standard InChI is InChI=1S/C16H21N3O/c1-3-8-18-16(15-7-9-17-12-19-15)11-13-5-4-6-14(10-13)20-2/h4-7,9-10,12,16,18H,3,8,11H2,1-2H3. The van der Waals surface area contributed by atoms with E-state index in [4.69, 9.17) is 4.74 Å². The number of nitrogens with zero attached hydrogens (tertiary/aromatic N) is 2. The maximum atomic E-state index is 5.28. The van der Waals surface area contributed by atoms with Gasteiger partial charge in [-0.2, -0.15) is 0 Å². The van der Waals surface area contributed by atoms with Gasteiger partial charge in [-0.15, -0.1) is 0 Å². The first-order valence-electron chi connectivity index (χ1n) is 6.95.